The van der Waals surface area contributed by atoms with Crippen molar-refractivity contribution in [3.05, 3.63) is 0 Å². The molecule has 3 rings (SSSR count). The molecule has 26 heavy (non-hydrogen) atoms. The van der Waals surface area contributed by atoms with Crippen molar-refractivity contribution >= 4 is 35.8 Å². The van der Waals surface area contributed by atoms with E-state index in [9.17, 15) is 4.79 Å². The molecule has 2 saturated carbocycles. The highest BCUT2D eigenvalue weighted by molar-refractivity contribution is 14.0. The summed E-state index contributed by atoms with van der Waals surface area (Å²) in [4.78, 5) is 18.1. The van der Waals surface area contributed by atoms with E-state index in [1.165, 1.54) is 25.7 Å². The fraction of sp³-hybridized carbons (Fsp3) is 0.895. The van der Waals surface area contributed by atoms with Gasteiger partial charge in [-0.1, -0.05) is 19.8 Å². The molecule has 1 aliphatic heterocycles. The Kier molecular flexibility index (Phi) is 7.59. The molecule has 1 spiro atoms. The van der Waals surface area contributed by atoms with Crippen LogP contribution in [0.2, 0.25) is 0 Å². The average Bonchev–Trinajstić information content (AvgIpc) is 3.24. The molecular weight excluding hydrogens is 443 g/mol. The molecule has 2 N–H and O–H groups in total. The third kappa shape index (κ3) is 4.13. The summed E-state index contributed by atoms with van der Waals surface area (Å²) in [6.45, 7) is 5.38. The van der Waals surface area contributed by atoms with Gasteiger partial charge in [0.2, 0.25) is 5.91 Å². The second-order valence-corrected chi connectivity index (χ2v) is 8.21. The third-order valence-corrected chi connectivity index (χ3v) is 6.45. The number of guanidine groups is 1. The van der Waals surface area contributed by atoms with Gasteiger partial charge in [0, 0.05) is 44.1 Å². The first-order chi connectivity index (χ1) is 12.0. The van der Waals surface area contributed by atoms with E-state index in [4.69, 9.17) is 4.74 Å². The Balaban J connectivity index is 0.00000243. The maximum Gasteiger partial charge on any atom is 0.243 e. The predicted octanol–water partition coefficient (Wildman–Crippen LogP) is 2.37. The SMILES string of the molecule is CCC(C)NC(=NCC(=O)N(C)C)NC1C2CCOC2C12CCCC2.I. The lowest BCUT2D eigenvalue weighted by molar-refractivity contribution is -0.127. The Morgan fingerprint density at radius 2 is 2.04 bits per heavy atom. The first-order valence-electron chi connectivity index (χ1n) is 9.87. The van der Waals surface area contributed by atoms with E-state index >= 15 is 0 Å². The topological polar surface area (TPSA) is 66.0 Å². The van der Waals surface area contributed by atoms with E-state index in [1.54, 1.807) is 19.0 Å². The van der Waals surface area contributed by atoms with Crippen molar-refractivity contribution in [3.63, 3.8) is 0 Å². The number of rotatable bonds is 5. The second-order valence-electron chi connectivity index (χ2n) is 8.21. The number of ether oxygens (including phenoxy) is 1. The second kappa shape index (κ2) is 9.08. The van der Waals surface area contributed by atoms with Gasteiger partial charge >= 0.3 is 0 Å². The monoisotopic (exact) mass is 478 g/mol. The summed E-state index contributed by atoms with van der Waals surface area (Å²) in [6.07, 6.45) is 7.69. The number of carbonyl (C=O) groups is 1. The maximum absolute atomic E-state index is 11.9. The summed E-state index contributed by atoms with van der Waals surface area (Å²) in [7, 11) is 3.54. The molecule has 4 unspecified atom stereocenters. The highest BCUT2D eigenvalue weighted by atomic mass is 127. The average molecular weight is 478 g/mol. The van der Waals surface area contributed by atoms with Crippen molar-refractivity contribution in [2.24, 2.45) is 16.3 Å². The number of amides is 1. The lowest BCUT2D eigenvalue weighted by Crippen LogP contribution is -2.69. The van der Waals surface area contributed by atoms with E-state index in [2.05, 4.69) is 29.5 Å². The van der Waals surface area contributed by atoms with E-state index in [1.807, 2.05) is 0 Å². The van der Waals surface area contributed by atoms with Gasteiger partial charge < -0.3 is 20.3 Å². The summed E-state index contributed by atoms with van der Waals surface area (Å²) in [5, 5.41) is 7.18. The van der Waals surface area contributed by atoms with Crippen LogP contribution in [-0.2, 0) is 9.53 Å². The number of hydrogen-bond donors (Lipinski definition) is 2. The summed E-state index contributed by atoms with van der Waals surface area (Å²) < 4.78 is 6.07. The molecular formula is C19H35IN4O2. The van der Waals surface area contributed by atoms with Crippen LogP contribution in [-0.4, -0.2) is 62.2 Å². The van der Waals surface area contributed by atoms with Gasteiger partial charge in [0.15, 0.2) is 5.96 Å². The van der Waals surface area contributed by atoms with Crippen molar-refractivity contribution in [1.82, 2.24) is 15.5 Å². The minimum atomic E-state index is 0. The van der Waals surface area contributed by atoms with Gasteiger partial charge in [0.25, 0.3) is 0 Å². The Labute approximate surface area is 174 Å². The first-order valence-corrected chi connectivity index (χ1v) is 9.87. The molecule has 4 atom stereocenters. The summed E-state index contributed by atoms with van der Waals surface area (Å²) in [6, 6.07) is 0.753. The molecule has 150 valence electrons. The Bertz CT molecular complexity index is 520. The highest BCUT2D eigenvalue weighted by Crippen LogP contribution is 2.60. The molecule has 0 radical (unpaired) electrons. The van der Waals surface area contributed by atoms with Gasteiger partial charge in [0.1, 0.15) is 6.54 Å². The minimum absolute atomic E-state index is 0. The maximum atomic E-state index is 11.9. The molecule has 0 aromatic heterocycles. The van der Waals surface area contributed by atoms with Crippen LogP contribution < -0.4 is 10.6 Å². The van der Waals surface area contributed by atoms with Crippen LogP contribution in [0.25, 0.3) is 0 Å². The number of likely N-dealkylation sites (N-methyl/N-ethyl adjacent to an activating group) is 1. The van der Waals surface area contributed by atoms with Crippen molar-refractivity contribution in [3.8, 4) is 0 Å². The molecule has 3 fully saturated rings. The summed E-state index contributed by atoms with van der Waals surface area (Å²) in [5.74, 6) is 1.40. The summed E-state index contributed by atoms with van der Waals surface area (Å²) >= 11 is 0. The number of fused-ring (bicyclic) bond motifs is 2. The number of aliphatic imine (C=N–C) groups is 1. The third-order valence-electron chi connectivity index (χ3n) is 6.45. The largest absolute Gasteiger partial charge is 0.377 e. The van der Waals surface area contributed by atoms with E-state index in [-0.39, 0.29) is 41.8 Å². The van der Waals surface area contributed by atoms with Crippen molar-refractivity contribution in [2.75, 3.05) is 27.2 Å². The lowest BCUT2D eigenvalue weighted by atomic mass is 9.54. The lowest BCUT2D eigenvalue weighted by Gasteiger charge is -2.57. The quantitative estimate of drug-likeness (QED) is 0.362. The van der Waals surface area contributed by atoms with Gasteiger partial charge in [-0.25, -0.2) is 4.99 Å². The number of carbonyl (C=O) groups excluding carboxylic acids is 1. The zero-order valence-electron chi connectivity index (χ0n) is 16.6. The van der Waals surface area contributed by atoms with Crippen LogP contribution in [0, 0.1) is 11.3 Å². The summed E-state index contributed by atoms with van der Waals surface area (Å²) in [5.41, 5.74) is 0.282. The highest BCUT2D eigenvalue weighted by Gasteiger charge is 2.65. The standard InChI is InChI=1S/C19H34N4O2.HI/c1-5-13(2)21-18(20-12-15(24)23(3)4)22-16-14-8-11-25-17(14)19(16)9-6-7-10-19;/h13-14,16-17H,5-12H2,1-4H3,(H2,20,21,22);1H. The van der Waals surface area contributed by atoms with Crippen LogP contribution in [0.1, 0.15) is 52.4 Å². The van der Waals surface area contributed by atoms with Crippen molar-refractivity contribution < 1.29 is 9.53 Å². The first kappa shape index (κ1) is 21.7. The normalized spacial score (nSPS) is 30.2. The zero-order valence-corrected chi connectivity index (χ0v) is 18.9. The number of nitrogens with one attached hydrogen (secondary N) is 2. The molecule has 3 aliphatic rings. The molecule has 1 heterocycles. The molecule has 0 aromatic rings. The molecule has 2 aliphatic carbocycles. The van der Waals surface area contributed by atoms with E-state index in [0.717, 1.165) is 25.4 Å². The van der Waals surface area contributed by atoms with Crippen LogP contribution in [0.3, 0.4) is 0 Å². The molecule has 0 aromatic carbocycles. The molecule has 1 saturated heterocycles. The van der Waals surface area contributed by atoms with E-state index in [0.29, 0.717) is 24.1 Å². The Morgan fingerprint density at radius 1 is 1.35 bits per heavy atom. The van der Waals surface area contributed by atoms with Gasteiger partial charge in [-0.15, -0.1) is 24.0 Å². The number of halogens is 1. The van der Waals surface area contributed by atoms with Gasteiger partial charge in [-0.2, -0.15) is 0 Å². The smallest absolute Gasteiger partial charge is 0.243 e. The van der Waals surface area contributed by atoms with Crippen LogP contribution in [0.4, 0.5) is 0 Å². The predicted molar refractivity (Wildman–Crippen MR) is 115 cm³/mol. The van der Waals surface area contributed by atoms with Gasteiger partial charge in [-0.3, -0.25) is 4.79 Å². The molecule has 0 bridgehead atoms. The van der Waals surface area contributed by atoms with Crippen molar-refractivity contribution in [2.45, 2.75) is 70.6 Å². The Morgan fingerprint density at radius 3 is 2.65 bits per heavy atom. The van der Waals surface area contributed by atoms with Crippen LogP contribution >= 0.6 is 24.0 Å². The number of hydrogen-bond acceptors (Lipinski definition) is 3. The van der Waals surface area contributed by atoms with Gasteiger partial charge in [-0.05, 0) is 32.6 Å². The fourth-order valence-electron chi connectivity index (χ4n) is 4.81. The fourth-order valence-corrected chi connectivity index (χ4v) is 4.81. The van der Waals surface area contributed by atoms with Gasteiger partial charge in [0.05, 0.1) is 6.10 Å². The molecule has 1 amide bonds. The van der Waals surface area contributed by atoms with Crippen molar-refractivity contribution in [1.29, 1.82) is 0 Å². The van der Waals surface area contributed by atoms with Crippen LogP contribution in [0.5, 0.6) is 0 Å². The minimum Gasteiger partial charge on any atom is -0.377 e. The molecule has 7 heteroatoms. The van der Waals surface area contributed by atoms with E-state index < -0.39 is 0 Å². The molecule has 6 nitrogen and oxygen atoms in total. The number of nitrogens with zero attached hydrogens (tertiary/aromatic N) is 2. The zero-order chi connectivity index (χ0) is 18.0. The Hall–Kier alpha value is -0.570. The van der Waals surface area contributed by atoms with Crippen LogP contribution in [0.15, 0.2) is 4.99 Å².